The number of nitrogens with zero attached hydrogens (tertiary/aromatic N) is 2. The average molecular weight is 383 g/mol. The van der Waals surface area contributed by atoms with Crippen LogP contribution in [-0.4, -0.2) is 31.0 Å². The molecule has 2 aromatic carbocycles. The van der Waals surface area contributed by atoms with E-state index >= 15 is 0 Å². The Morgan fingerprint density at radius 1 is 1.11 bits per heavy atom. The molecule has 1 aliphatic heterocycles. The lowest BCUT2D eigenvalue weighted by Gasteiger charge is -2.22. The highest BCUT2D eigenvalue weighted by atomic mass is 16.6. The summed E-state index contributed by atoms with van der Waals surface area (Å²) in [5.41, 5.74) is 2.29. The Balaban J connectivity index is 1.88. The number of hydrogen-bond donors (Lipinski definition) is 1. The molecule has 7 nitrogen and oxygen atoms in total. The predicted molar refractivity (Wildman–Crippen MR) is 109 cm³/mol. The number of rotatable bonds is 5. The minimum atomic E-state index is -0.412. The summed E-state index contributed by atoms with van der Waals surface area (Å²) in [6.07, 6.45) is 4.32. The summed E-state index contributed by atoms with van der Waals surface area (Å²) >= 11 is 0. The van der Waals surface area contributed by atoms with Gasteiger partial charge < -0.3 is 15.0 Å². The molecule has 0 bridgehead atoms. The van der Waals surface area contributed by atoms with E-state index in [1.54, 1.807) is 24.3 Å². The van der Waals surface area contributed by atoms with Crippen LogP contribution in [0.2, 0.25) is 0 Å². The van der Waals surface area contributed by atoms with Gasteiger partial charge in [-0.15, -0.1) is 0 Å². The first-order valence-corrected chi connectivity index (χ1v) is 9.49. The second-order valence-electron chi connectivity index (χ2n) is 7.02. The molecule has 7 heteroatoms. The molecule has 0 aliphatic carbocycles. The maximum Gasteiger partial charge on any atom is 0.293 e. The van der Waals surface area contributed by atoms with E-state index in [4.69, 9.17) is 4.74 Å². The summed E-state index contributed by atoms with van der Waals surface area (Å²) in [4.78, 5) is 26.0. The number of benzene rings is 2. The molecule has 1 saturated heterocycles. The second-order valence-corrected chi connectivity index (χ2v) is 7.02. The number of hydrogen-bond acceptors (Lipinski definition) is 5. The number of amides is 1. The summed E-state index contributed by atoms with van der Waals surface area (Å²) in [6.45, 7) is 3.51. The number of carbonyl (C=O) groups is 1. The topological polar surface area (TPSA) is 84.7 Å². The molecule has 28 heavy (non-hydrogen) atoms. The fourth-order valence-electron chi connectivity index (χ4n) is 3.50. The fraction of sp³-hybridized carbons (Fsp3) is 0.381. The molecule has 0 aromatic heterocycles. The highest BCUT2D eigenvalue weighted by Gasteiger charge is 2.23. The smallest absolute Gasteiger partial charge is 0.293 e. The molecule has 0 atom stereocenters. The zero-order valence-corrected chi connectivity index (χ0v) is 16.2. The minimum Gasteiger partial charge on any atom is -0.495 e. The van der Waals surface area contributed by atoms with Crippen molar-refractivity contribution in [1.82, 2.24) is 0 Å². The van der Waals surface area contributed by atoms with Crippen LogP contribution in [0.1, 0.15) is 41.6 Å². The molecule has 148 valence electrons. The molecule has 1 amide bonds. The summed E-state index contributed by atoms with van der Waals surface area (Å²) in [6, 6.07) is 10.1. The molecule has 1 N–H and O–H groups in total. The Bertz CT molecular complexity index is 874. The molecule has 0 saturated carbocycles. The van der Waals surface area contributed by atoms with Crippen molar-refractivity contribution in [3.63, 3.8) is 0 Å². The molecule has 1 aliphatic rings. The van der Waals surface area contributed by atoms with Gasteiger partial charge in [-0.2, -0.15) is 0 Å². The number of anilines is 2. The van der Waals surface area contributed by atoms with Crippen molar-refractivity contribution in [2.75, 3.05) is 30.4 Å². The van der Waals surface area contributed by atoms with Crippen LogP contribution in [-0.2, 0) is 0 Å². The number of nitro groups is 1. The molecule has 1 fully saturated rings. The Labute approximate surface area is 164 Å². The van der Waals surface area contributed by atoms with Crippen molar-refractivity contribution < 1.29 is 14.5 Å². The molecule has 1 heterocycles. The Kier molecular flexibility index (Phi) is 6.13. The molecular formula is C21H25N3O4. The second kappa shape index (κ2) is 8.73. The number of carbonyl (C=O) groups excluding carboxylic acids is 1. The molecule has 3 rings (SSSR count). The number of aryl methyl sites for hydroxylation is 1. The molecule has 0 radical (unpaired) electrons. The summed E-state index contributed by atoms with van der Waals surface area (Å²) in [5.74, 6) is 0.129. The summed E-state index contributed by atoms with van der Waals surface area (Å²) < 4.78 is 5.28. The first-order chi connectivity index (χ1) is 13.5. The highest BCUT2D eigenvalue weighted by Crippen LogP contribution is 2.32. The average Bonchev–Trinajstić information content (AvgIpc) is 2.97. The monoisotopic (exact) mass is 383 g/mol. The third-order valence-corrected chi connectivity index (χ3v) is 4.98. The van der Waals surface area contributed by atoms with Gasteiger partial charge in [0.2, 0.25) is 0 Å². The first kappa shape index (κ1) is 19.7. The maximum atomic E-state index is 12.7. The Morgan fingerprint density at radius 2 is 1.82 bits per heavy atom. The van der Waals surface area contributed by atoms with E-state index in [0.717, 1.165) is 44.3 Å². The van der Waals surface area contributed by atoms with Gasteiger partial charge in [0.25, 0.3) is 11.6 Å². The van der Waals surface area contributed by atoms with Gasteiger partial charge in [-0.1, -0.05) is 18.9 Å². The lowest BCUT2D eigenvalue weighted by molar-refractivity contribution is -0.384. The van der Waals surface area contributed by atoms with Crippen LogP contribution in [0.5, 0.6) is 5.75 Å². The SMILES string of the molecule is COc1ccc(C)cc1NC(=O)c1ccc(N2CCCCCC2)c([N+](=O)[O-])c1. The molecule has 0 spiro atoms. The van der Waals surface area contributed by atoms with E-state index in [0.29, 0.717) is 17.1 Å². The van der Waals surface area contributed by atoms with E-state index in [1.165, 1.54) is 13.2 Å². The van der Waals surface area contributed by atoms with Gasteiger partial charge in [-0.25, -0.2) is 0 Å². The fourth-order valence-corrected chi connectivity index (χ4v) is 3.50. The van der Waals surface area contributed by atoms with Crippen molar-refractivity contribution in [1.29, 1.82) is 0 Å². The zero-order chi connectivity index (χ0) is 20.1. The predicted octanol–water partition coefficient (Wildman–Crippen LogP) is 4.54. The van der Waals surface area contributed by atoms with Crippen LogP contribution in [0, 0.1) is 17.0 Å². The van der Waals surface area contributed by atoms with Gasteiger partial charge in [0, 0.05) is 24.7 Å². The van der Waals surface area contributed by atoms with Crippen LogP contribution >= 0.6 is 0 Å². The van der Waals surface area contributed by atoms with Crippen molar-refractivity contribution in [2.24, 2.45) is 0 Å². The Hall–Kier alpha value is -3.09. The van der Waals surface area contributed by atoms with Crippen molar-refractivity contribution >= 4 is 23.0 Å². The summed E-state index contributed by atoms with van der Waals surface area (Å²) in [5, 5.41) is 14.4. The van der Waals surface area contributed by atoms with Crippen LogP contribution in [0.25, 0.3) is 0 Å². The largest absolute Gasteiger partial charge is 0.495 e. The van der Waals surface area contributed by atoms with E-state index in [1.807, 2.05) is 13.0 Å². The molecule has 2 aromatic rings. The van der Waals surface area contributed by atoms with Gasteiger partial charge in [0.05, 0.1) is 17.7 Å². The maximum absolute atomic E-state index is 12.7. The Morgan fingerprint density at radius 3 is 2.46 bits per heavy atom. The quantitative estimate of drug-likeness (QED) is 0.605. The highest BCUT2D eigenvalue weighted by molar-refractivity contribution is 6.05. The standard InChI is InChI=1S/C21H25N3O4/c1-15-7-10-20(28-2)17(13-15)22-21(25)16-8-9-18(19(14-16)24(26)27)23-11-5-3-4-6-12-23/h7-10,13-14H,3-6,11-12H2,1-2H3,(H,22,25). The third kappa shape index (κ3) is 4.42. The minimum absolute atomic E-state index is 0.0363. The normalized spacial score (nSPS) is 14.3. The van der Waals surface area contributed by atoms with Gasteiger partial charge in [-0.3, -0.25) is 14.9 Å². The van der Waals surface area contributed by atoms with Gasteiger partial charge in [-0.05, 0) is 49.6 Å². The van der Waals surface area contributed by atoms with Crippen molar-refractivity contribution in [3.8, 4) is 5.75 Å². The number of nitro benzene ring substituents is 1. The number of methoxy groups -OCH3 is 1. The van der Waals surface area contributed by atoms with Gasteiger partial charge in [0.15, 0.2) is 0 Å². The van der Waals surface area contributed by atoms with Crippen LogP contribution in [0.3, 0.4) is 0 Å². The lowest BCUT2D eigenvalue weighted by Crippen LogP contribution is -2.25. The van der Waals surface area contributed by atoms with Crippen molar-refractivity contribution in [3.05, 3.63) is 57.6 Å². The van der Waals surface area contributed by atoms with Crippen molar-refractivity contribution in [2.45, 2.75) is 32.6 Å². The first-order valence-electron chi connectivity index (χ1n) is 9.49. The zero-order valence-electron chi connectivity index (χ0n) is 16.2. The van der Waals surface area contributed by atoms with Gasteiger partial charge >= 0.3 is 0 Å². The number of ether oxygens (including phenoxy) is 1. The van der Waals surface area contributed by atoms with Crippen LogP contribution < -0.4 is 15.0 Å². The van der Waals surface area contributed by atoms with E-state index in [-0.39, 0.29) is 11.3 Å². The van der Waals surface area contributed by atoms with Gasteiger partial charge in [0.1, 0.15) is 11.4 Å². The van der Waals surface area contributed by atoms with Crippen LogP contribution in [0.15, 0.2) is 36.4 Å². The molecular weight excluding hydrogens is 358 g/mol. The lowest BCUT2D eigenvalue weighted by atomic mass is 10.1. The molecule has 0 unspecified atom stereocenters. The van der Waals surface area contributed by atoms with E-state index < -0.39 is 10.8 Å². The third-order valence-electron chi connectivity index (χ3n) is 4.98. The van der Waals surface area contributed by atoms with E-state index in [9.17, 15) is 14.9 Å². The van der Waals surface area contributed by atoms with E-state index in [2.05, 4.69) is 10.2 Å². The van der Waals surface area contributed by atoms with Crippen LogP contribution in [0.4, 0.5) is 17.1 Å². The number of nitrogens with one attached hydrogen (secondary N) is 1. The summed E-state index contributed by atoms with van der Waals surface area (Å²) in [7, 11) is 1.53.